The summed E-state index contributed by atoms with van der Waals surface area (Å²) in [6.45, 7) is 11.2. The molecule has 42 heavy (non-hydrogen) atoms. The number of fused-ring (bicyclic) bond motifs is 1. The Morgan fingerprint density at radius 2 is 1.83 bits per heavy atom. The molecule has 0 saturated carbocycles. The van der Waals surface area contributed by atoms with E-state index in [4.69, 9.17) is 9.72 Å². The highest BCUT2D eigenvalue weighted by molar-refractivity contribution is 6.01. The molecule has 5 rings (SSSR count). The summed E-state index contributed by atoms with van der Waals surface area (Å²) in [6.07, 6.45) is 4.89. The lowest BCUT2D eigenvalue weighted by Crippen LogP contribution is -2.60. The number of halogens is 1. The van der Waals surface area contributed by atoms with Gasteiger partial charge >= 0.3 is 0 Å². The van der Waals surface area contributed by atoms with E-state index >= 15 is 0 Å². The van der Waals surface area contributed by atoms with Crippen LogP contribution in [0.2, 0.25) is 0 Å². The third-order valence-corrected chi connectivity index (χ3v) is 7.45. The molecular formula is C31H37FN8O2. The van der Waals surface area contributed by atoms with Gasteiger partial charge in [0.05, 0.1) is 12.7 Å². The molecule has 3 N–H and O–H groups in total. The second-order valence-corrected chi connectivity index (χ2v) is 12.7. The average molecular weight is 573 g/mol. The molecule has 10 nitrogen and oxygen atoms in total. The highest BCUT2D eigenvalue weighted by Gasteiger charge is 2.42. The number of alkyl halides is 1. The molecule has 0 spiro atoms. The minimum atomic E-state index is -1.15. The van der Waals surface area contributed by atoms with Gasteiger partial charge in [0.1, 0.15) is 24.1 Å². The van der Waals surface area contributed by atoms with Gasteiger partial charge in [-0.15, -0.1) is 0 Å². The first-order valence-electron chi connectivity index (χ1n) is 14.1. The van der Waals surface area contributed by atoms with Crippen molar-refractivity contribution in [3.05, 3.63) is 48.3 Å². The Morgan fingerprint density at radius 1 is 1.12 bits per heavy atom. The van der Waals surface area contributed by atoms with Crippen molar-refractivity contribution in [3.8, 4) is 22.9 Å². The van der Waals surface area contributed by atoms with Crippen LogP contribution in [-0.2, 0) is 4.79 Å². The van der Waals surface area contributed by atoms with E-state index in [9.17, 15) is 14.4 Å². The van der Waals surface area contributed by atoms with E-state index in [1.54, 1.807) is 26.1 Å². The van der Waals surface area contributed by atoms with Crippen LogP contribution in [0.4, 0.5) is 27.7 Å². The first-order valence-corrected chi connectivity index (χ1v) is 14.1. The topological polar surface area (TPSA) is 128 Å². The predicted octanol–water partition coefficient (Wildman–Crippen LogP) is 5.35. The Balaban J connectivity index is 1.44. The number of amides is 1. The SMILES string of the molecule is CC1(C)CC(Nc2nc(Nc3ccccc3-c3cnc4c(c3)OC(C)(C)C(=O)N4CCF)ncc2C#N)CC(C)(C)N1. The predicted molar refractivity (Wildman–Crippen MR) is 161 cm³/mol. The van der Waals surface area contributed by atoms with Gasteiger partial charge in [-0.3, -0.25) is 9.69 Å². The lowest BCUT2D eigenvalue weighted by molar-refractivity contribution is -0.132. The quantitative estimate of drug-likeness (QED) is 0.343. The van der Waals surface area contributed by atoms with E-state index in [1.807, 2.05) is 24.3 Å². The van der Waals surface area contributed by atoms with Gasteiger partial charge in [-0.2, -0.15) is 10.2 Å². The fourth-order valence-corrected chi connectivity index (χ4v) is 6.11. The maximum absolute atomic E-state index is 13.3. The molecule has 0 atom stereocenters. The van der Waals surface area contributed by atoms with Crippen LogP contribution in [0.5, 0.6) is 5.75 Å². The number of rotatable bonds is 7. The van der Waals surface area contributed by atoms with Gasteiger partial charge in [0, 0.05) is 40.1 Å². The van der Waals surface area contributed by atoms with Crippen molar-refractivity contribution < 1.29 is 13.9 Å². The van der Waals surface area contributed by atoms with Gasteiger partial charge in [-0.25, -0.2) is 14.4 Å². The number of nitriles is 1. The first kappa shape index (κ1) is 29.2. The molecule has 1 amide bonds. The number of ether oxygens (including phenoxy) is 1. The fraction of sp³-hybridized carbons (Fsp3) is 0.452. The standard InChI is InChI=1S/C31H37FN8O2/c1-29(2)14-21(15-30(3,4)39-29)36-25-20(16-33)18-35-28(38-25)37-23-10-8-7-9-22(23)19-13-24-26(34-17-19)40(12-11-32)27(41)31(5,6)42-24/h7-10,13,17-18,21,39H,11-12,14-15H2,1-6H3,(H2,35,36,37,38). The summed E-state index contributed by atoms with van der Waals surface area (Å²) in [5.74, 6) is 1.17. The molecule has 0 radical (unpaired) electrons. The van der Waals surface area contributed by atoms with Gasteiger partial charge in [0.25, 0.3) is 5.91 Å². The zero-order chi connectivity index (χ0) is 30.3. The van der Waals surface area contributed by atoms with Crippen LogP contribution in [0.1, 0.15) is 59.9 Å². The number of benzene rings is 1. The number of nitrogens with one attached hydrogen (secondary N) is 3. The van der Waals surface area contributed by atoms with Crippen molar-refractivity contribution in [2.24, 2.45) is 0 Å². The number of para-hydroxylation sites is 1. The summed E-state index contributed by atoms with van der Waals surface area (Å²) in [6, 6.07) is 11.7. The Hall–Kier alpha value is -4.30. The largest absolute Gasteiger partial charge is 0.474 e. The molecule has 1 saturated heterocycles. The van der Waals surface area contributed by atoms with E-state index in [1.165, 1.54) is 11.1 Å². The summed E-state index contributed by atoms with van der Waals surface area (Å²) in [4.78, 5) is 27.7. The minimum absolute atomic E-state index is 0.0721. The van der Waals surface area contributed by atoms with Gasteiger partial charge in [0.15, 0.2) is 17.2 Å². The zero-order valence-corrected chi connectivity index (χ0v) is 24.9. The molecule has 4 heterocycles. The van der Waals surface area contributed by atoms with E-state index in [2.05, 4.69) is 59.7 Å². The molecule has 1 fully saturated rings. The lowest BCUT2D eigenvalue weighted by atomic mass is 9.79. The number of carbonyl (C=O) groups is 1. The van der Waals surface area contributed by atoms with Crippen LogP contribution in [0.3, 0.4) is 0 Å². The Labute approximate surface area is 245 Å². The normalized spacial score (nSPS) is 18.9. The molecule has 220 valence electrons. The molecule has 2 aliphatic heterocycles. The number of pyridine rings is 1. The van der Waals surface area contributed by atoms with Crippen molar-refractivity contribution in [1.82, 2.24) is 20.3 Å². The number of hydrogen-bond donors (Lipinski definition) is 3. The summed E-state index contributed by atoms with van der Waals surface area (Å²) in [5.41, 5.74) is 1.31. The summed E-state index contributed by atoms with van der Waals surface area (Å²) < 4.78 is 19.3. The fourth-order valence-electron chi connectivity index (χ4n) is 6.11. The second kappa shape index (κ2) is 10.8. The van der Waals surface area contributed by atoms with Crippen LogP contribution in [0.15, 0.2) is 42.7 Å². The van der Waals surface area contributed by atoms with E-state index in [-0.39, 0.29) is 29.6 Å². The summed E-state index contributed by atoms with van der Waals surface area (Å²) in [5, 5.41) is 20.2. The summed E-state index contributed by atoms with van der Waals surface area (Å²) in [7, 11) is 0. The molecule has 1 aromatic carbocycles. The zero-order valence-electron chi connectivity index (χ0n) is 24.9. The highest BCUT2D eigenvalue weighted by atomic mass is 19.1. The van der Waals surface area contributed by atoms with Crippen LogP contribution in [-0.4, -0.2) is 56.8 Å². The first-order chi connectivity index (χ1) is 19.8. The maximum atomic E-state index is 13.3. The van der Waals surface area contributed by atoms with Crippen LogP contribution in [0.25, 0.3) is 11.1 Å². The molecule has 11 heteroatoms. The third kappa shape index (κ3) is 5.99. The van der Waals surface area contributed by atoms with Gasteiger partial charge < -0.3 is 20.7 Å². The van der Waals surface area contributed by atoms with E-state index in [0.29, 0.717) is 34.6 Å². The lowest BCUT2D eigenvalue weighted by Gasteiger charge is -2.46. The molecule has 0 unspecified atom stereocenters. The van der Waals surface area contributed by atoms with Crippen molar-refractivity contribution in [1.29, 1.82) is 5.26 Å². The average Bonchev–Trinajstić information content (AvgIpc) is 2.89. The Morgan fingerprint density at radius 3 is 2.52 bits per heavy atom. The van der Waals surface area contributed by atoms with Crippen molar-refractivity contribution >= 4 is 29.2 Å². The van der Waals surface area contributed by atoms with Crippen molar-refractivity contribution in [2.75, 3.05) is 28.8 Å². The Kier molecular flexibility index (Phi) is 7.53. The molecule has 2 aliphatic rings. The van der Waals surface area contributed by atoms with E-state index < -0.39 is 12.3 Å². The summed E-state index contributed by atoms with van der Waals surface area (Å²) >= 11 is 0. The van der Waals surface area contributed by atoms with Gasteiger partial charge in [-0.05, 0) is 66.5 Å². The smallest absolute Gasteiger partial charge is 0.271 e. The monoisotopic (exact) mass is 572 g/mol. The number of piperidine rings is 1. The van der Waals surface area contributed by atoms with Gasteiger partial charge in [0.2, 0.25) is 5.95 Å². The highest BCUT2D eigenvalue weighted by Crippen LogP contribution is 2.40. The van der Waals surface area contributed by atoms with Crippen LogP contribution < -0.4 is 25.6 Å². The molecule has 2 aromatic heterocycles. The molecule has 0 aliphatic carbocycles. The van der Waals surface area contributed by atoms with Crippen molar-refractivity contribution in [3.63, 3.8) is 0 Å². The number of carbonyl (C=O) groups excluding carboxylic acids is 1. The Bertz CT molecular complexity index is 1530. The molecule has 0 bridgehead atoms. The number of nitrogens with zero attached hydrogens (tertiary/aromatic N) is 5. The molecular weight excluding hydrogens is 535 g/mol. The number of anilines is 4. The number of hydrogen-bond acceptors (Lipinski definition) is 9. The van der Waals surface area contributed by atoms with Gasteiger partial charge in [-0.1, -0.05) is 18.2 Å². The molecule has 3 aromatic rings. The number of aromatic nitrogens is 3. The van der Waals surface area contributed by atoms with Crippen LogP contribution >= 0.6 is 0 Å². The van der Waals surface area contributed by atoms with Crippen LogP contribution in [0, 0.1) is 11.3 Å². The van der Waals surface area contributed by atoms with Crippen molar-refractivity contribution in [2.45, 2.75) is 77.1 Å². The second-order valence-electron chi connectivity index (χ2n) is 12.7. The maximum Gasteiger partial charge on any atom is 0.271 e. The minimum Gasteiger partial charge on any atom is -0.474 e. The van der Waals surface area contributed by atoms with E-state index in [0.717, 1.165) is 24.0 Å². The third-order valence-electron chi connectivity index (χ3n) is 7.45.